The van der Waals surface area contributed by atoms with Crippen LogP contribution < -0.4 is 0 Å². The fourth-order valence-electron chi connectivity index (χ4n) is 6.34. The number of aliphatic carboxylic acids is 1. The molecule has 5 heterocycles. The van der Waals surface area contributed by atoms with Crippen LogP contribution in [0, 0.1) is 13.8 Å². The van der Waals surface area contributed by atoms with Crippen LogP contribution in [0.25, 0.3) is 44.4 Å². The number of carboxylic acid groups (broad SMARTS) is 1. The molecule has 2 unspecified atom stereocenters. The molecule has 0 saturated heterocycles. The van der Waals surface area contributed by atoms with Crippen molar-refractivity contribution in [1.82, 2.24) is 19.9 Å². The number of hydrogen-bond donors (Lipinski definition) is 5. The van der Waals surface area contributed by atoms with E-state index in [9.17, 15) is 20.1 Å². The van der Waals surface area contributed by atoms with Gasteiger partial charge >= 0.3 is 5.97 Å². The lowest BCUT2D eigenvalue weighted by Crippen LogP contribution is -1.95. The maximum atomic E-state index is 11.5. The van der Waals surface area contributed by atoms with Gasteiger partial charge in [-0.25, -0.2) is 9.97 Å². The molecule has 0 radical (unpaired) electrons. The fraction of sp³-hybridized carbons (Fsp3) is 0.382. The lowest BCUT2D eigenvalue weighted by atomic mass is 9.98. The molecular weight excluding hydrogens is 528 g/mol. The van der Waals surface area contributed by atoms with Crippen molar-refractivity contribution in [3.05, 3.63) is 69.3 Å². The van der Waals surface area contributed by atoms with Gasteiger partial charge in [0.1, 0.15) is 0 Å². The third kappa shape index (κ3) is 5.21. The van der Waals surface area contributed by atoms with Crippen LogP contribution in [0.4, 0.5) is 0 Å². The Labute approximate surface area is 245 Å². The smallest absolute Gasteiger partial charge is 0.303 e. The number of allylic oxidation sites excluding steroid dienone is 4. The number of carbonyl (C=O) groups is 1. The first kappa shape index (κ1) is 29.5. The Morgan fingerprint density at radius 3 is 1.64 bits per heavy atom. The highest BCUT2D eigenvalue weighted by Crippen LogP contribution is 2.38. The summed E-state index contributed by atoms with van der Waals surface area (Å²) in [6, 6.07) is 7.95. The van der Waals surface area contributed by atoms with Crippen molar-refractivity contribution < 1.29 is 20.1 Å². The largest absolute Gasteiger partial charge is 0.481 e. The van der Waals surface area contributed by atoms with Crippen LogP contribution in [-0.4, -0.2) is 41.2 Å². The first-order valence-electron chi connectivity index (χ1n) is 14.6. The lowest BCUT2D eigenvalue weighted by molar-refractivity contribution is -0.136. The van der Waals surface area contributed by atoms with Crippen LogP contribution in [0.1, 0.15) is 118 Å². The Balaban J connectivity index is 1.97. The van der Waals surface area contributed by atoms with Gasteiger partial charge in [-0.1, -0.05) is 13.3 Å². The van der Waals surface area contributed by atoms with E-state index in [1.165, 1.54) is 0 Å². The van der Waals surface area contributed by atoms with Gasteiger partial charge < -0.3 is 25.3 Å². The molecule has 0 amide bonds. The number of aromatic amines is 2. The van der Waals surface area contributed by atoms with E-state index in [4.69, 9.17) is 9.97 Å². The molecule has 2 aliphatic rings. The van der Waals surface area contributed by atoms with E-state index in [2.05, 4.69) is 23.8 Å². The van der Waals surface area contributed by atoms with Gasteiger partial charge in [0.2, 0.25) is 0 Å². The summed E-state index contributed by atoms with van der Waals surface area (Å²) >= 11 is 0. The second-order valence-electron chi connectivity index (χ2n) is 11.5. The Bertz CT molecular complexity index is 1820. The number of aliphatic hydroxyl groups excluding tert-OH is 2. The summed E-state index contributed by atoms with van der Waals surface area (Å²) in [5, 5.41) is 31.0. The minimum Gasteiger partial charge on any atom is -0.481 e. The van der Waals surface area contributed by atoms with Crippen molar-refractivity contribution in [2.45, 2.75) is 86.4 Å². The van der Waals surface area contributed by atoms with Crippen LogP contribution in [-0.2, 0) is 4.79 Å². The van der Waals surface area contributed by atoms with E-state index in [1.807, 2.05) is 45.0 Å². The summed E-state index contributed by atoms with van der Waals surface area (Å²) in [6.07, 6.45) is 0.732. The number of hydrogen-bond acceptors (Lipinski definition) is 5. The Morgan fingerprint density at radius 1 is 0.714 bits per heavy atom. The molecule has 0 fully saturated rings. The molecule has 42 heavy (non-hydrogen) atoms. The topological polar surface area (TPSA) is 135 Å². The summed E-state index contributed by atoms with van der Waals surface area (Å²) in [5.41, 5.74) is 13.8. The molecule has 0 aliphatic carbocycles. The number of nitrogens with one attached hydrogen (secondary N) is 2. The Hall–Kier alpha value is -4.01. The molecule has 220 valence electrons. The molecule has 0 spiro atoms. The van der Waals surface area contributed by atoms with Crippen molar-refractivity contribution in [3.8, 4) is 0 Å². The second-order valence-corrected chi connectivity index (χ2v) is 11.5. The van der Waals surface area contributed by atoms with Crippen molar-refractivity contribution in [3.63, 3.8) is 0 Å². The third-order valence-electron chi connectivity index (χ3n) is 8.56. The number of H-pyrrole nitrogens is 2. The van der Waals surface area contributed by atoms with Crippen molar-refractivity contribution >= 4 is 50.3 Å². The zero-order valence-corrected chi connectivity index (χ0v) is 25.4. The lowest BCUT2D eigenvalue weighted by Gasteiger charge is -2.05. The molecule has 2 atom stereocenters. The minimum atomic E-state index is -0.857. The summed E-state index contributed by atoms with van der Waals surface area (Å²) in [5.74, 6) is -0.857. The highest BCUT2D eigenvalue weighted by atomic mass is 16.4. The molecule has 3 aromatic rings. The zero-order valence-electron chi connectivity index (χ0n) is 25.4. The number of aliphatic hydroxyl groups is 2. The molecule has 8 bridgehead atoms. The van der Waals surface area contributed by atoms with Gasteiger partial charge in [-0.3, -0.25) is 4.79 Å². The van der Waals surface area contributed by atoms with Gasteiger partial charge in [-0.05, 0) is 112 Å². The number of fused-ring (bicyclic) bond motifs is 8. The van der Waals surface area contributed by atoms with Crippen molar-refractivity contribution in [2.24, 2.45) is 0 Å². The number of aromatic nitrogens is 4. The fourth-order valence-corrected chi connectivity index (χ4v) is 6.34. The van der Waals surface area contributed by atoms with E-state index in [0.717, 1.165) is 102 Å². The van der Waals surface area contributed by atoms with Crippen LogP contribution in [0.5, 0.6) is 0 Å². The quantitative estimate of drug-likeness (QED) is 0.200. The first-order valence-corrected chi connectivity index (χ1v) is 14.6. The van der Waals surface area contributed by atoms with Gasteiger partial charge in [0.05, 0.1) is 35.0 Å². The average Bonchev–Trinajstić information content (AvgIpc) is 3.57. The van der Waals surface area contributed by atoms with E-state index in [0.29, 0.717) is 6.42 Å². The molecular formula is C34H40N4O4. The van der Waals surface area contributed by atoms with E-state index >= 15 is 0 Å². The zero-order chi connectivity index (χ0) is 30.5. The normalized spacial score (nSPS) is 15.0. The van der Waals surface area contributed by atoms with Gasteiger partial charge in [0.15, 0.2) is 0 Å². The van der Waals surface area contributed by atoms with Crippen LogP contribution in [0.3, 0.4) is 0 Å². The number of nitrogens with zero attached hydrogens (tertiary/aromatic N) is 2. The van der Waals surface area contributed by atoms with Gasteiger partial charge in [0.25, 0.3) is 0 Å². The molecule has 5 N–H and O–H groups in total. The average molecular weight is 569 g/mol. The van der Waals surface area contributed by atoms with E-state index < -0.39 is 18.2 Å². The highest BCUT2D eigenvalue weighted by molar-refractivity contribution is 5.96. The molecule has 5 rings (SSSR count). The maximum absolute atomic E-state index is 11.5. The Morgan fingerprint density at radius 2 is 1.17 bits per heavy atom. The van der Waals surface area contributed by atoms with E-state index in [-0.39, 0.29) is 6.42 Å². The standard InChI is InChI=1S/C34H40N4O4/c1-8-9-22-16(2)24-12-26-18(4)33(20(6)39)31(37-26)14-27-19(5)34(21(7)40)30(38-27)13-25-17(3)23(10-11-32(41)42)29(36-25)15-28(22)35-24/h12-15,20-21,37-40H,8-11H2,1-7H3,(H,41,42). The number of carboxylic acids is 1. The number of aryl methyl sites for hydroxylation is 2. The Kier molecular flexibility index (Phi) is 7.96. The maximum Gasteiger partial charge on any atom is 0.303 e. The van der Waals surface area contributed by atoms with E-state index in [1.54, 1.807) is 13.8 Å². The van der Waals surface area contributed by atoms with Crippen molar-refractivity contribution in [1.29, 1.82) is 0 Å². The predicted molar refractivity (Wildman–Crippen MR) is 168 cm³/mol. The van der Waals surface area contributed by atoms with Gasteiger partial charge in [0, 0.05) is 39.6 Å². The second kappa shape index (κ2) is 11.3. The molecule has 0 saturated carbocycles. The monoisotopic (exact) mass is 568 g/mol. The van der Waals surface area contributed by atoms with Crippen LogP contribution >= 0.6 is 0 Å². The number of rotatable bonds is 7. The third-order valence-corrected chi connectivity index (χ3v) is 8.56. The minimum absolute atomic E-state index is 0.000590. The van der Waals surface area contributed by atoms with Gasteiger partial charge in [-0.2, -0.15) is 0 Å². The molecule has 0 aromatic carbocycles. The molecule has 2 aliphatic heterocycles. The molecule has 3 aromatic heterocycles. The first-order chi connectivity index (χ1) is 19.9. The summed E-state index contributed by atoms with van der Waals surface area (Å²) in [6.45, 7) is 13.7. The summed E-state index contributed by atoms with van der Waals surface area (Å²) in [4.78, 5) is 28.6. The van der Waals surface area contributed by atoms with Crippen LogP contribution in [0.2, 0.25) is 0 Å². The highest BCUT2D eigenvalue weighted by Gasteiger charge is 2.23. The molecule has 8 heteroatoms. The summed E-state index contributed by atoms with van der Waals surface area (Å²) in [7, 11) is 0. The summed E-state index contributed by atoms with van der Waals surface area (Å²) < 4.78 is 0. The molecule has 8 nitrogen and oxygen atoms in total. The van der Waals surface area contributed by atoms with Gasteiger partial charge in [-0.15, -0.1) is 0 Å². The van der Waals surface area contributed by atoms with Crippen LogP contribution in [0.15, 0.2) is 24.3 Å². The predicted octanol–water partition coefficient (Wildman–Crippen LogP) is 7.56. The SMILES string of the molecule is CCCC1=C(C)c2cc3[nH]c(cc4[nH]c(cc5nc(cc1n2)C(CCC(=O)O)=C5C)c(C(C)O)c4C)c(C(C)O)c3C. The van der Waals surface area contributed by atoms with Crippen molar-refractivity contribution in [2.75, 3.05) is 0 Å².